The van der Waals surface area contributed by atoms with E-state index in [4.69, 9.17) is 23.2 Å². The first-order chi connectivity index (χ1) is 5.11. The van der Waals surface area contributed by atoms with Crippen molar-refractivity contribution in [3.63, 3.8) is 0 Å². The summed E-state index contributed by atoms with van der Waals surface area (Å²) < 4.78 is 0.543. The second-order valence-electron chi connectivity index (χ2n) is 1.74. The molecule has 0 aliphatic heterocycles. The average molecular weight is 255 g/mol. The molecule has 0 bridgehead atoms. The van der Waals surface area contributed by atoms with Gasteiger partial charge >= 0.3 is 0 Å². The molecule has 58 valence electrons. The van der Waals surface area contributed by atoms with Gasteiger partial charge in [0.05, 0.1) is 0 Å². The molecule has 0 fully saturated rings. The third-order valence-corrected chi connectivity index (χ3v) is 2.03. The standard InChI is InChI=1S/C6H2BrCl2NO/c7-3-1-2-4(8)10-5(3)6(9)11/h1-2H. The number of halogens is 3. The Balaban J connectivity index is 3.23. The number of rotatable bonds is 1. The third kappa shape index (κ3) is 2.15. The molecule has 1 heterocycles. The van der Waals surface area contributed by atoms with Crippen LogP contribution in [-0.2, 0) is 0 Å². The van der Waals surface area contributed by atoms with Crippen LogP contribution in [0, 0.1) is 0 Å². The van der Waals surface area contributed by atoms with Gasteiger partial charge in [0, 0.05) is 4.47 Å². The fourth-order valence-corrected chi connectivity index (χ4v) is 1.36. The van der Waals surface area contributed by atoms with Crippen LogP contribution in [0.15, 0.2) is 16.6 Å². The Morgan fingerprint density at radius 1 is 1.55 bits per heavy atom. The van der Waals surface area contributed by atoms with Gasteiger partial charge in [-0.2, -0.15) is 0 Å². The molecule has 11 heavy (non-hydrogen) atoms. The van der Waals surface area contributed by atoms with Crippen molar-refractivity contribution in [2.24, 2.45) is 0 Å². The molecule has 1 aromatic rings. The Morgan fingerprint density at radius 3 is 2.64 bits per heavy atom. The van der Waals surface area contributed by atoms with Crippen molar-refractivity contribution in [2.45, 2.75) is 0 Å². The van der Waals surface area contributed by atoms with E-state index in [1.807, 2.05) is 0 Å². The highest BCUT2D eigenvalue weighted by molar-refractivity contribution is 9.10. The average Bonchev–Trinajstić information content (AvgIpc) is 1.94. The molecular weight excluding hydrogens is 253 g/mol. The van der Waals surface area contributed by atoms with Gasteiger partial charge in [-0.1, -0.05) is 11.6 Å². The van der Waals surface area contributed by atoms with Crippen LogP contribution in [0.4, 0.5) is 0 Å². The number of hydrogen-bond acceptors (Lipinski definition) is 2. The van der Waals surface area contributed by atoms with Gasteiger partial charge in [-0.3, -0.25) is 4.79 Å². The maximum Gasteiger partial charge on any atom is 0.272 e. The number of pyridine rings is 1. The number of nitrogens with zero attached hydrogens (tertiary/aromatic N) is 1. The molecular formula is C6H2BrCl2NO. The van der Waals surface area contributed by atoms with Crippen molar-refractivity contribution in [3.8, 4) is 0 Å². The lowest BCUT2D eigenvalue weighted by Crippen LogP contribution is -1.94. The molecule has 0 atom stereocenters. The summed E-state index contributed by atoms with van der Waals surface area (Å²) in [5.74, 6) is 0. The molecule has 0 saturated carbocycles. The lowest BCUT2D eigenvalue weighted by molar-refractivity contribution is 0.107. The Bertz CT molecular complexity index is 303. The molecule has 1 rings (SSSR count). The summed E-state index contributed by atoms with van der Waals surface area (Å²) in [6.45, 7) is 0. The lowest BCUT2D eigenvalue weighted by Gasteiger charge is -1.96. The van der Waals surface area contributed by atoms with Crippen molar-refractivity contribution in [1.29, 1.82) is 0 Å². The van der Waals surface area contributed by atoms with Crippen LogP contribution in [0.2, 0.25) is 5.15 Å². The summed E-state index contributed by atoms with van der Waals surface area (Å²) in [4.78, 5) is 14.3. The van der Waals surface area contributed by atoms with Gasteiger partial charge in [0.2, 0.25) is 0 Å². The third-order valence-electron chi connectivity index (χ3n) is 0.998. The highest BCUT2D eigenvalue weighted by Gasteiger charge is 2.08. The van der Waals surface area contributed by atoms with Crippen molar-refractivity contribution >= 4 is 44.4 Å². The zero-order chi connectivity index (χ0) is 8.43. The first kappa shape index (κ1) is 8.97. The zero-order valence-corrected chi connectivity index (χ0v) is 8.24. The van der Waals surface area contributed by atoms with E-state index >= 15 is 0 Å². The highest BCUT2D eigenvalue weighted by atomic mass is 79.9. The number of hydrogen-bond donors (Lipinski definition) is 0. The lowest BCUT2D eigenvalue weighted by atomic mass is 10.4. The molecule has 0 N–H and O–H groups in total. The molecule has 1 aromatic heterocycles. The van der Waals surface area contributed by atoms with E-state index < -0.39 is 5.24 Å². The van der Waals surface area contributed by atoms with Gasteiger partial charge in [-0.25, -0.2) is 4.98 Å². The Kier molecular flexibility index (Phi) is 2.87. The van der Waals surface area contributed by atoms with Crippen LogP contribution in [-0.4, -0.2) is 10.2 Å². The molecule has 0 amide bonds. The van der Waals surface area contributed by atoms with Gasteiger partial charge < -0.3 is 0 Å². The second-order valence-corrected chi connectivity index (χ2v) is 3.32. The molecule has 0 aliphatic rings. The Labute approximate surface area is 81.7 Å². The molecule has 0 spiro atoms. The van der Waals surface area contributed by atoms with Gasteiger partial charge in [-0.05, 0) is 39.7 Å². The van der Waals surface area contributed by atoms with E-state index in [1.54, 1.807) is 12.1 Å². The predicted octanol–water partition coefficient (Wildman–Crippen LogP) is 2.88. The summed E-state index contributed by atoms with van der Waals surface area (Å²) in [5, 5.41) is -0.378. The normalized spacial score (nSPS) is 9.73. The minimum atomic E-state index is -0.626. The van der Waals surface area contributed by atoms with Crippen LogP contribution in [0.5, 0.6) is 0 Å². The van der Waals surface area contributed by atoms with Crippen LogP contribution >= 0.6 is 39.1 Å². The van der Waals surface area contributed by atoms with Crippen LogP contribution in [0.25, 0.3) is 0 Å². The molecule has 0 saturated heterocycles. The Hall–Kier alpha value is -0.120. The van der Waals surface area contributed by atoms with E-state index in [2.05, 4.69) is 20.9 Å². The van der Waals surface area contributed by atoms with E-state index in [1.165, 1.54) is 0 Å². The molecule has 0 unspecified atom stereocenters. The summed E-state index contributed by atoms with van der Waals surface area (Å²) in [6, 6.07) is 3.18. The molecule has 0 aliphatic carbocycles. The minimum Gasteiger partial charge on any atom is -0.274 e. The van der Waals surface area contributed by atoms with E-state index in [9.17, 15) is 4.79 Å². The first-order valence-electron chi connectivity index (χ1n) is 2.63. The van der Waals surface area contributed by atoms with Gasteiger partial charge in [0.1, 0.15) is 10.8 Å². The largest absolute Gasteiger partial charge is 0.274 e. The molecule has 2 nitrogen and oxygen atoms in total. The Morgan fingerprint density at radius 2 is 2.18 bits per heavy atom. The number of carbonyl (C=O) groups is 1. The SMILES string of the molecule is O=C(Cl)c1nc(Cl)ccc1Br. The summed E-state index contributed by atoms with van der Waals surface area (Å²) >= 11 is 13.8. The van der Waals surface area contributed by atoms with Gasteiger partial charge in [-0.15, -0.1) is 0 Å². The highest BCUT2D eigenvalue weighted by Crippen LogP contribution is 2.18. The summed E-state index contributed by atoms with van der Waals surface area (Å²) in [7, 11) is 0. The minimum absolute atomic E-state index is 0.138. The van der Waals surface area contributed by atoms with Crippen LogP contribution in [0.3, 0.4) is 0 Å². The summed E-state index contributed by atoms with van der Waals surface area (Å²) in [5.41, 5.74) is 0.138. The van der Waals surface area contributed by atoms with Crippen LogP contribution < -0.4 is 0 Å². The summed E-state index contributed by atoms with van der Waals surface area (Å²) in [6.07, 6.45) is 0. The molecule has 5 heteroatoms. The van der Waals surface area contributed by atoms with Crippen molar-refractivity contribution in [2.75, 3.05) is 0 Å². The van der Waals surface area contributed by atoms with E-state index in [0.717, 1.165) is 0 Å². The molecule has 0 radical (unpaired) electrons. The topological polar surface area (TPSA) is 30.0 Å². The van der Waals surface area contributed by atoms with Gasteiger partial charge in [0.25, 0.3) is 5.24 Å². The van der Waals surface area contributed by atoms with Crippen molar-refractivity contribution in [1.82, 2.24) is 4.98 Å². The van der Waals surface area contributed by atoms with E-state index in [0.29, 0.717) is 4.47 Å². The monoisotopic (exact) mass is 253 g/mol. The fraction of sp³-hybridized carbons (Fsp3) is 0. The van der Waals surface area contributed by atoms with E-state index in [-0.39, 0.29) is 10.8 Å². The maximum atomic E-state index is 10.6. The number of aromatic nitrogens is 1. The predicted molar refractivity (Wildman–Crippen MR) is 47.1 cm³/mol. The zero-order valence-electron chi connectivity index (χ0n) is 5.14. The maximum absolute atomic E-state index is 10.6. The molecule has 0 aromatic carbocycles. The van der Waals surface area contributed by atoms with Crippen molar-refractivity contribution in [3.05, 3.63) is 27.5 Å². The smallest absolute Gasteiger partial charge is 0.272 e. The van der Waals surface area contributed by atoms with Gasteiger partial charge in [0.15, 0.2) is 0 Å². The first-order valence-corrected chi connectivity index (χ1v) is 4.18. The van der Waals surface area contributed by atoms with Crippen LogP contribution in [0.1, 0.15) is 10.5 Å². The fourth-order valence-electron chi connectivity index (χ4n) is 0.556. The van der Waals surface area contributed by atoms with Crippen molar-refractivity contribution < 1.29 is 4.79 Å². The quantitative estimate of drug-likeness (QED) is 0.570. The second kappa shape index (κ2) is 3.52. The number of carbonyl (C=O) groups excluding carboxylic acids is 1.